The maximum absolute atomic E-state index is 12.6. The third-order valence-corrected chi connectivity index (χ3v) is 5.74. The summed E-state index contributed by atoms with van der Waals surface area (Å²) >= 11 is 0. The molecule has 0 aromatic heterocycles. The number of ether oxygens (including phenoxy) is 2. The Morgan fingerprint density at radius 2 is 1.75 bits per heavy atom. The zero-order chi connectivity index (χ0) is 20.4. The molecule has 0 spiro atoms. The molecule has 1 aliphatic carbocycles. The van der Waals surface area contributed by atoms with Crippen LogP contribution in [0.25, 0.3) is 0 Å². The van der Waals surface area contributed by atoms with Crippen molar-refractivity contribution in [1.82, 2.24) is 10.6 Å². The van der Waals surface area contributed by atoms with Crippen molar-refractivity contribution in [3.05, 3.63) is 23.8 Å². The Kier molecular flexibility index (Phi) is 5.87. The number of rotatable bonds is 5. The van der Waals surface area contributed by atoms with Crippen molar-refractivity contribution >= 4 is 11.8 Å². The summed E-state index contributed by atoms with van der Waals surface area (Å²) in [6.45, 7) is 8.93. The summed E-state index contributed by atoms with van der Waals surface area (Å²) < 4.78 is 11.4. The fourth-order valence-corrected chi connectivity index (χ4v) is 3.88. The predicted molar refractivity (Wildman–Crippen MR) is 108 cm³/mol. The Morgan fingerprint density at radius 1 is 1.11 bits per heavy atom. The van der Waals surface area contributed by atoms with Gasteiger partial charge in [-0.3, -0.25) is 9.59 Å². The van der Waals surface area contributed by atoms with Crippen LogP contribution >= 0.6 is 0 Å². The largest absolute Gasteiger partial charge is 0.486 e. The van der Waals surface area contributed by atoms with Crippen LogP contribution in [0.3, 0.4) is 0 Å². The van der Waals surface area contributed by atoms with Crippen molar-refractivity contribution in [3.63, 3.8) is 0 Å². The highest BCUT2D eigenvalue weighted by molar-refractivity contribution is 5.89. The van der Waals surface area contributed by atoms with E-state index in [2.05, 4.69) is 22.8 Å². The number of amides is 2. The first-order valence-electron chi connectivity index (χ1n) is 10.2. The molecule has 1 aliphatic heterocycles. The van der Waals surface area contributed by atoms with E-state index in [4.69, 9.17) is 9.47 Å². The SMILES string of the molecule is CC(NC(=O)C(C)(C)C)C(=O)NCC1(c2ccc3c(c2)OCCO3)CCCC1. The van der Waals surface area contributed by atoms with Gasteiger partial charge in [0.05, 0.1) is 0 Å². The summed E-state index contributed by atoms with van der Waals surface area (Å²) in [6.07, 6.45) is 4.33. The Labute approximate surface area is 167 Å². The zero-order valence-corrected chi connectivity index (χ0v) is 17.4. The van der Waals surface area contributed by atoms with Gasteiger partial charge in [0.15, 0.2) is 11.5 Å². The van der Waals surface area contributed by atoms with Crippen molar-refractivity contribution in [3.8, 4) is 11.5 Å². The van der Waals surface area contributed by atoms with E-state index in [0.29, 0.717) is 19.8 Å². The molecule has 1 saturated carbocycles. The van der Waals surface area contributed by atoms with Crippen LogP contribution in [0.1, 0.15) is 58.9 Å². The first kappa shape index (κ1) is 20.5. The molecule has 1 heterocycles. The van der Waals surface area contributed by atoms with Crippen LogP contribution in [0.2, 0.25) is 0 Å². The summed E-state index contributed by atoms with van der Waals surface area (Å²) in [5.74, 6) is 1.29. The first-order chi connectivity index (χ1) is 13.2. The molecule has 2 N–H and O–H groups in total. The molecule has 6 heteroatoms. The molecule has 0 saturated heterocycles. The van der Waals surface area contributed by atoms with E-state index in [1.54, 1.807) is 6.92 Å². The van der Waals surface area contributed by atoms with E-state index < -0.39 is 11.5 Å². The number of carbonyl (C=O) groups excluding carboxylic acids is 2. The molecule has 1 aromatic carbocycles. The van der Waals surface area contributed by atoms with Gasteiger partial charge in [0.2, 0.25) is 11.8 Å². The van der Waals surface area contributed by atoms with Crippen molar-refractivity contribution in [2.45, 2.75) is 64.8 Å². The summed E-state index contributed by atoms with van der Waals surface area (Å²) in [4.78, 5) is 24.7. The van der Waals surface area contributed by atoms with Crippen molar-refractivity contribution in [2.75, 3.05) is 19.8 Å². The molecular formula is C22H32N2O4. The molecule has 1 atom stereocenters. The smallest absolute Gasteiger partial charge is 0.242 e. The quantitative estimate of drug-likeness (QED) is 0.813. The van der Waals surface area contributed by atoms with Gasteiger partial charge in [-0.25, -0.2) is 0 Å². The fraction of sp³-hybridized carbons (Fsp3) is 0.636. The third-order valence-electron chi connectivity index (χ3n) is 5.74. The normalized spacial score (nSPS) is 19.0. The Hall–Kier alpha value is -2.24. The number of hydrogen-bond donors (Lipinski definition) is 2. The first-order valence-corrected chi connectivity index (χ1v) is 10.2. The van der Waals surface area contributed by atoms with Gasteiger partial charge in [-0.05, 0) is 37.5 Å². The lowest BCUT2D eigenvalue weighted by Crippen LogP contribution is -2.50. The molecule has 28 heavy (non-hydrogen) atoms. The van der Waals surface area contributed by atoms with E-state index >= 15 is 0 Å². The van der Waals surface area contributed by atoms with E-state index in [0.717, 1.165) is 37.2 Å². The van der Waals surface area contributed by atoms with E-state index in [1.807, 2.05) is 26.8 Å². The van der Waals surface area contributed by atoms with Crippen molar-refractivity contribution in [2.24, 2.45) is 5.41 Å². The van der Waals surface area contributed by atoms with Gasteiger partial charge >= 0.3 is 0 Å². The molecular weight excluding hydrogens is 356 g/mol. The predicted octanol–water partition coefficient (Wildman–Crippen LogP) is 2.94. The van der Waals surface area contributed by atoms with E-state index in [-0.39, 0.29) is 17.2 Å². The molecule has 1 fully saturated rings. The van der Waals surface area contributed by atoms with Crippen molar-refractivity contribution in [1.29, 1.82) is 0 Å². The molecule has 0 bridgehead atoms. The standard InChI is InChI=1S/C22H32N2O4/c1-15(24-20(26)21(2,3)4)19(25)23-14-22(9-5-6-10-22)16-7-8-17-18(13-16)28-12-11-27-17/h7-8,13,15H,5-6,9-12,14H2,1-4H3,(H,23,25)(H,24,26). The van der Waals surface area contributed by atoms with Crippen molar-refractivity contribution < 1.29 is 19.1 Å². The second-order valence-electron chi connectivity index (χ2n) is 9.01. The van der Waals surface area contributed by atoms with Crippen LogP contribution in [-0.4, -0.2) is 37.6 Å². The molecule has 3 rings (SSSR count). The molecule has 1 aromatic rings. The van der Waals surface area contributed by atoms with Gasteiger partial charge < -0.3 is 20.1 Å². The molecule has 6 nitrogen and oxygen atoms in total. The topological polar surface area (TPSA) is 76.7 Å². The van der Waals surface area contributed by atoms with Crippen LogP contribution in [0.5, 0.6) is 11.5 Å². The fourth-order valence-electron chi connectivity index (χ4n) is 3.88. The van der Waals surface area contributed by atoms with Gasteiger partial charge in [-0.2, -0.15) is 0 Å². The minimum absolute atomic E-state index is 0.0980. The summed E-state index contributed by atoms with van der Waals surface area (Å²) in [5.41, 5.74) is 0.562. The van der Waals surface area contributed by atoms with Crippen LogP contribution in [-0.2, 0) is 15.0 Å². The van der Waals surface area contributed by atoms with Gasteiger partial charge in [-0.1, -0.05) is 39.7 Å². The summed E-state index contributed by atoms with van der Waals surface area (Å²) in [5, 5.41) is 5.88. The van der Waals surface area contributed by atoms with Crippen LogP contribution < -0.4 is 20.1 Å². The molecule has 154 valence electrons. The molecule has 1 unspecified atom stereocenters. The van der Waals surface area contributed by atoms with Gasteiger partial charge in [0, 0.05) is 17.4 Å². The second-order valence-corrected chi connectivity index (χ2v) is 9.01. The van der Waals surface area contributed by atoms with E-state index in [1.165, 1.54) is 5.56 Å². The Morgan fingerprint density at radius 3 is 2.39 bits per heavy atom. The number of benzene rings is 1. The highest BCUT2D eigenvalue weighted by Gasteiger charge is 2.37. The van der Waals surface area contributed by atoms with E-state index in [9.17, 15) is 9.59 Å². The maximum Gasteiger partial charge on any atom is 0.242 e. The number of hydrogen-bond acceptors (Lipinski definition) is 4. The number of fused-ring (bicyclic) bond motifs is 1. The molecule has 2 amide bonds. The number of nitrogens with one attached hydrogen (secondary N) is 2. The highest BCUT2D eigenvalue weighted by Crippen LogP contribution is 2.43. The Balaban J connectivity index is 1.68. The highest BCUT2D eigenvalue weighted by atomic mass is 16.6. The number of carbonyl (C=O) groups is 2. The third kappa shape index (κ3) is 4.42. The monoisotopic (exact) mass is 388 g/mol. The maximum atomic E-state index is 12.6. The van der Waals surface area contributed by atoms with Gasteiger partial charge in [0.1, 0.15) is 19.3 Å². The second kappa shape index (κ2) is 8.02. The lowest BCUT2D eigenvalue weighted by Gasteiger charge is -2.32. The summed E-state index contributed by atoms with van der Waals surface area (Å²) in [6, 6.07) is 5.57. The Bertz CT molecular complexity index is 733. The minimum atomic E-state index is -0.564. The average molecular weight is 389 g/mol. The minimum Gasteiger partial charge on any atom is -0.486 e. The summed E-state index contributed by atoms with van der Waals surface area (Å²) in [7, 11) is 0. The lowest BCUT2D eigenvalue weighted by molar-refractivity contribution is -0.133. The zero-order valence-electron chi connectivity index (χ0n) is 17.4. The van der Waals surface area contributed by atoms with Crippen LogP contribution in [0.15, 0.2) is 18.2 Å². The van der Waals surface area contributed by atoms with Crippen LogP contribution in [0, 0.1) is 5.41 Å². The average Bonchev–Trinajstić information content (AvgIpc) is 3.15. The lowest BCUT2D eigenvalue weighted by atomic mass is 9.78. The van der Waals surface area contributed by atoms with Crippen LogP contribution in [0.4, 0.5) is 0 Å². The van der Waals surface area contributed by atoms with Gasteiger partial charge in [-0.15, -0.1) is 0 Å². The molecule has 2 aliphatic rings. The van der Waals surface area contributed by atoms with Gasteiger partial charge in [0.25, 0.3) is 0 Å². The molecule has 0 radical (unpaired) electrons.